The van der Waals surface area contributed by atoms with Crippen molar-refractivity contribution in [3.63, 3.8) is 0 Å². The summed E-state index contributed by atoms with van der Waals surface area (Å²) in [6.07, 6.45) is 0. The van der Waals surface area contributed by atoms with Gasteiger partial charge >= 0.3 is 0 Å². The van der Waals surface area contributed by atoms with E-state index in [9.17, 15) is 0 Å². The summed E-state index contributed by atoms with van der Waals surface area (Å²) in [5, 5.41) is 2.50. The quantitative estimate of drug-likeness (QED) is 0.172. The van der Waals surface area contributed by atoms with Crippen LogP contribution in [0.25, 0.3) is 49.7 Å². The van der Waals surface area contributed by atoms with E-state index in [1.165, 1.54) is 88.6 Å². The van der Waals surface area contributed by atoms with Gasteiger partial charge in [0.15, 0.2) is 0 Å². The minimum atomic E-state index is -0.567. The van der Waals surface area contributed by atoms with Crippen molar-refractivity contribution >= 4 is 38.9 Å². The number of para-hydroxylation sites is 3. The second-order valence-corrected chi connectivity index (χ2v) is 17.5. The predicted octanol–water partition coefficient (Wildman–Crippen LogP) is 15.3. The highest BCUT2D eigenvalue weighted by molar-refractivity contribution is 6.11. The van der Waals surface area contributed by atoms with Crippen LogP contribution in [0.15, 0.2) is 243 Å². The van der Waals surface area contributed by atoms with Gasteiger partial charge in [0.1, 0.15) is 0 Å². The highest BCUT2D eigenvalue weighted by Gasteiger charge is 2.59. The first kappa shape index (κ1) is 35.4. The Morgan fingerprint density at radius 1 is 0.266 bits per heavy atom. The Kier molecular flexibility index (Phi) is 7.28. The summed E-state index contributed by atoms with van der Waals surface area (Å²) in [4.78, 5) is 2.33. The van der Waals surface area contributed by atoms with Crippen molar-refractivity contribution in [2.24, 2.45) is 0 Å². The van der Waals surface area contributed by atoms with Crippen LogP contribution in [0.1, 0.15) is 44.5 Å². The number of hydrogen-bond donors (Lipinski definition) is 0. The third-order valence-electron chi connectivity index (χ3n) is 14.7. The average molecular weight is 813 g/mol. The monoisotopic (exact) mass is 812 g/mol. The van der Waals surface area contributed by atoms with Crippen molar-refractivity contribution < 1.29 is 0 Å². The van der Waals surface area contributed by atoms with Gasteiger partial charge in [0, 0.05) is 33.5 Å². The molecule has 0 aliphatic heterocycles. The van der Waals surface area contributed by atoms with Crippen LogP contribution < -0.4 is 4.90 Å². The number of anilines is 3. The van der Waals surface area contributed by atoms with Gasteiger partial charge in [0.05, 0.1) is 21.9 Å². The molecule has 0 fully saturated rings. The second-order valence-electron chi connectivity index (χ2n) is 17.5. The molecule has 0 saturated heterocycles. The zero-order chi connectivity index (χ0) is 42.0. The molecule has 2 heteroatoms. The fourth-order valence-corrected chi connectivity index (χ4v) is 12.3. The molecular weight excluding hydrogens is 773 g/mol. The van der Waals surface area contributed by atoms with Crippen LogP contribution >= 0.6 is 0 Å². The summed E-state index contributed by atoms with van der Waals surface area (Å²) >= 11 is 0. The first-order chi connectivity index (χ1) is 31.8. The molecule has 1 aromatic heterocycles. The van der Waals surface area contributed by atoms with Gasteiger partial charge in [0.25, 0.3) is 0 Å². The van der Waals surface area contributed by atoms with E-state index in [2.05, 4.69) is 252 Å². The standard InChI is InChI=1S/C62H40N2/c1-3-19-41(20-4-1)63(42-21-5-2-6-22-42)43-35-37-44(38-36-43)64-59-34-18-11-27-49(59)50-39-57-58(40-60(50)64)62(53-30-14-9-25-47(53)48-26-10-15-31-54(48)62)56-33-17-16-32-55(56)61(57)51-28-12-7-23-45(51)46-24-8-13-29-52(46)61/h1-40H. The molecule has 0 atom stereocenters. The van der Waals surface area contributed by atoms with Gasteiger partial charge < -0.3 is 9.47 Å². The Bertz CT molecular complexity index is 3540. The molecule has 0 unspecified atom stereocenters. The Morgan fingerprint density at radius 2 is 0.641 bits per heavy atom. The number of hydrogen-bond acceptors (Lipinski definition) is 1. The number of nitrogens with zero attached hydrogens (tertiary/aromatic N) is 2. The number of aromatic nitrogens is 1. The van der Waals surface area contributed by atoms with Gasteiger partial charge in [-0.1, -0.05) is 176 Å². The van der Waals surface area contributed by atoms with E-state index < -0.39 is 10.8 Å². The van der Waals surface area contributed by atoms with Crippen LogP contribution in [-0.4, -0.2) is 4.57 Å². The maximum absolute atomic E-state index is 2.60. The third-order valence-corrected chi connectivity index (χ3v) is 14.7. The number of rotatable bonds is 4. The first-order valence-electron chi connectivity index (χ1n) is 22.4. The summed E-state index contributed by atoms with van der Waals surface area (Å²) in [5.74, 6) is 0. The normalized spacial score (nSPS) is 14.2. The molecule has 0 radical (unpaired) electrons. The Hall–Kier alpha value is -8.20. The van der Waals surface area contributed by atoms with Crippen LogP contribution in [0.4, 0.5) is 17.1 Å². The van der Waals surface area contributed by atoms with E-state index in [-0.39, 0.29) is 0 Å². The Labute approximate surface area is 372 Å². The summed E-state index contributed by atoms with van der Waals surface area (Å²) in [5.41, 5.74) is 21.7. The Balaban J connectivity index is 1.11. The molecule has 2 spiro atoms. The number of fused-ring (bicyclic) bond motifs is 19. The fraction of sp³-hybridized carbons (Fsp3) is 0.0323. The maximum atomic E-state index is 2.60. The highest BCUT2D eigenvalue weighted by Crippen LogP contribution is 2.68. The largest absolute Gasteiger partial charge is 0.311 e. The molecule has 11 aromatic rings. The molecule has 14 rings (SSSR count). The molecule has 298 valence electrons. The second kappa shape index (κ2) is 13.2. The zero-order valence-electron chi connectivity index (χ0n) is 35.0. The summed E-state index contributed by atoms with van der Waals surface area (Å²) in [7, 11) is 0. The van der Waals surface area contributed by atoms with Crippen molar-refractivity contribution in [1.29, 1.82) is 0 Å². The summed E-state index contributed by atoms with van der Waals surface area (Å²) in [6.45, 7) is 0. The van der Waals surface area contributed by atoms with E-state index in [1.54, 1.807) is 0 Å². The predicted molar refractivity (Wildman–Crippen MR) is 264 cm³/mol. The summed E-state index contributed by atoms with van der Waals surface area (Å²) < 4.78 is 2.51. The first-order valence-corrected chi connectivity index (χ1v) is 22.4. The van der Waals surface area contributed by atoms with Gasteiger partial charge in [0.2, 0.25) is 0 Å². The van der Waals surface area contributed by atoms with Gasteiger partial charge in [-0.05, 0) is 133 Å². The summed E-state index contributed by atoms with van der Waals surface area (Å²) in [6, 6.07) is 90.8. The topological polar surface area (TPSA) is 8.17 Å². The van der Waals surface area contributed by atoms with Crippen LogP contribution in [0, 0.1) is 0 Å². The van der Waals surface area contributed by atoms with Crippen LogP contribution in [0.3, 0.4) is 0 Å². The van der Waals surface area contributed by atoms with E-state index in [0.29, 0.717) is 0 Å². The van der Waals surface area contributed by atoms with Crippen molar-refractivity contribution in [1.82, 2.24) is 4.57 Å². The molecule has 0 saturated carbocycles. The van der Waals surface area contributed by atoms with Gasteiger partial charge in [-0.25, -0.2) is 0 Å². The lowest BCUT2D eigenvalue weighted by Gasteiger charge is -2.49. The van der Waals surface area contributed by atoms with Crippen LogP contribution in [-0.2, 0) is 10.8 Å². The van der Waals surface area contributed by atoms with Gasteiger partial charge in [-0.2, -0.15) is 0 Å². The SMILES string of the molecule is c1ccc(N(c2ccccc2)c2ccc(-n3c4ccccc4c4cc5c(cc43)C3(c4ccccc4-c4ccccc43)c3ccccc3C53c4ccccc4-c4ccccc43)cc2)cc1. The lowest BCUT2D eigenvalue weighted by atomic mass is 9.52. The fourth-order valence-electron chi connectivity index (χ4n) is 12.3. The van der Waals surface area contributed by atoms with Crippen molar-refractivity contribution in [3.8, 4) is 27.9 Å². The molecule has 3 aliphatic rings. The van der Waals surface area contributed by atoms with E-state index in [1.807, 2.05) is 0 Å². The minimum absolute atomic E-state index is 0.547. The molecule has 10 aromatic carbocycles. The molecular formula is C62H40N2. The van der Waals surface area contributed by atoms with E-state index >= 15 is 0 Å². The number of benzene rings is 10. The smallest absolute Gasteiger partial charge is 0.0720 e. The van der Waals surface area contributed by atoms with Gasteiger partial charge in [-0.3, -0.25) is 0 Å². The third kappa shape index (κ3) is 4.44. The van der Waals surface area contributed by atoms with E-state index in [4.69, 9.17) is 0 Å². The molecule has 0 amide bonds. The Morgan fingerprint density at radius 3 is 1.12 bits per heavy atom. The minimum Gasteiger partial charge on any atom is -0.311 e. The highest BCUT2D eigenvalue weighted by atomic mass is 15.1. The lowest BCUT2D eigenvalue weighted by molar-refractivity contribution is 0.634. The van der Waals surface area contributed by atoms with Gasteiger partial charge in [-0.15, -0.1) is 0 Å². The van der Waals surface area contributed by atoms with E-state index in [0.717, 1.165) is 22.7 Å². The molecule has 0 bridgehead atoms. The average Bonchev–Trinajstić information content (AvgIpc) is 3.97. The van der Waals surface area contributed by atoms with Crippen LogP contribution in [0.5, 0.6) is 0 Å². The van der Waals surface area contributed by atoms with Crippen LogP contribution in [0.2, 0.25) is 0 Å². The molecule has 1 heterocycles. The van der Waals surface area contributed by atoms with Crippen molar-refractivity contribution in [2.75, 3.05) is 4.90 Å². The molecule has 0 N–H and O–H groups in total. The van der Waals surface area contributed by atoms with Crippen molar-refractivity contribution in [3.05, 3.63) is 287 Å². The van der Waals surface area contributed by atoms with Crippen molar-refractivity contribution in [2.45, 2.75) is 10.8 Å². The molecule has 64 heavy (non-hydrogen) atoms. The maximum Gasteiger partial charge on any atom is 0.0720 e. The zero-order valence-corrected chi connectivity index (χ0v) is 35.0. The molecule has 2 nitrogen and oxygen atoms in total. The molecule has 3 aliphatic carbocycles. The lowest BCUT2D eigenvalue weighted by Crippen LogP contribution is -2.43.